The molecule has 3 aliphatic rings. The molecule has 1 aromatic heterocycles. The van der Waals surface area contributed by atoms with Crippen LogP contribution in [-0.2, 0) is 9.53 Å². The van der Waals surface area contributed by atoms with Crippen molar-refractivity contribution in [3.8, 4) is 0 Å². The molecule has 2 N–H and O–H groups in total. The molecule has 2 aliphatic carbocycles. The van der Waals surface area contributed by atoms with E-state index in [2.05, 4.69) is 20.7 Å². The average Bonchev–Trinajstić information content (AvgIpc) is 3.45. The van der Waals surface area contributed by atoms with E-state index in [1.54, 1.807) is 6.07 Å². The monoisotopic (exact) mass is 390 g/mol. The maximum Gasteiger partial charge on any atom is 0.273 e. The molecular weight excluding hydrogens is 360 g/mol. The molecule has 0 aromatic carbocycles. The SMILES string of the molecule is O=C(CCN1CCOCC1)NC1CCC(NC(=O)c2cc(C3CC3)on2)CC1. The lowest BCUT2D eigenvalue weighted by Crippen LogP contribution is -2.45. The number of amides is 2. The third kappa shape index (κ3) is 5.32. The molecule has 1 saturated heterocycles. The van der Waals surface area contributed by atoms with Crippen molar-refractivity contribution in [3.63, 3.8) is 0 Å². The minimum Gasteiger partial charge on any atom is -0.379 e. The zero-order chi connectivity index (χ0) is 19.3. The second-order valence-electron chi connectivity index (χ2n) is 8.18. The number of rotatable bonds is 7. The molecule has 8 heteroatoms. The predicted molar refractivity (Wildman–Crippen MR) is 102 cm³/mol. The fraction of sp³-hybridized carbons (Fsp3) is 0.750. The number of nitrogens with one attached hydrogen (secondary N) is 2. The standard InChI is InChI=1S/C20H30N4O4/c25-19(7-8-24-9-11-27-12-10-24)21-15-3-5-16(6-4-15)22-20(26)17-13-18(28-23-17)14-1-2-14/h13-16H,1-12H2,(H,21,25)(H,22,26). The molecule has 0 bridgehead atoms. The van der Waals surface area contributed by atoms with Gasteiger partial charge in [0.2, 0.25) is 5.91 Å². The molecule has 0 atom stereocenters. The highest BCUT2D eigenvalue weighted by molar-refractivity contribution is 5.92. The Morgan fingerprint density at radius 3 is 2.39 bits per heavy atom. The first-order valence-electron chi connectivity index (χ1n) is 10.5. The first-order valence-corrected chi connectivity index (χ1v) is 10.5. The van der Waals surface area contributed by atoms with Gasteiger partial charge in [-0.2, -0.15) is 0 Å². The van der Waals surface area contributed by atoms with Crippen LogP contribution in [0.25, 0.3) is 0 Å². The number of carbonyl (C=O) groups excluding carboxylic acids is 2. The molecule has 2 amide bonds. The maximum absolute atomic E-state index is 12.3. The number of nitrogens with zero attached hydrogens (tertiary/aromatic N) is 2. The van der Waals surface area contributed by atoms with Crippen molar-refractivity contribution in [1.29, 1.82) is 0 Å². The van der Waals surface area contributed by atoms with E-state index >= 15 is 0 Å². The lowest BCUT2D eigenvalue weighted by Gasteiger charge is -2.30. The van der Waals surface area contributed by atoms with Gasteiger partial charge in [-0.1, -0.05) is 5.16 Å². The van der Waals surface area contributed by atoms with Crippen LogP contribution in [0.15, 0.2) is 10.6 Å². The van der Waals surface area contributed by atoms with Gasteiger partial charge in [0.15, 0.2) is 5.69 Å². The van der Waals surface area contributed by atoms with Crippen LogP contribution in [0.2, 0.25) is 0 Å². The normalized spacial score (nSPS) is 26.0. The first kappa shape index (κ1) is 19.4. The second-order valence-corrected chi connectivity index (χ2v) is 8.18. The molecule has 2 saturated carbocycles. The number of hydrogen-bond donors (Lipinski definition) is 2. The summed E-state index contributed by atoms with van der Waals surface area (Å²) in [7, 11) is 0. The van der Waals surface area contributed by atoms with Crippen molar-refractivity contribution in [1.82, 2.24) is 20.7 Å². The van der Waals surface area contributed by atoms with Gasteiger partial charge in [0.1, 0.15) is 5.76 Å². The van der Waals surface area contributed by atoms with Crippen LogP contribution >= 0.6 is 0 Å². The van der Waals surface area contributed by atoms with E-state index in [0.29, 0.717) is 18.0 Å². The quantitative estimate of drug-likeness (QED) is 0.731. The average molecular weight is 390 g/mol. The van der Waals surface area contributed by atoms with Gasteiger partial charge in [0.25, 0.3) is 5.91 Å². The van der Waals surface area contributed by atoms with Gasteiger partial charge in [-0.25, -0.2) is 0 Å². The summed E-state index contributed by atoms with van der Waals surface area (Å²) in [5, 5.41) is 10.1. The fourth-order valence-electron chi connectivity index (χ4n) is 3.98. The summed E-state index contributed by atoms with van der Waals surface area (Å²) in [6.45, 7) is 4.12. The maximum atomic E-state index is 12.3. The molecule has 4 rings (SSSR count). The molecule has 8 nitrogen and oxygen atoms in total. The topological polar surface area (TPSA) is 96.7 Å². The largest absolute Gasteiger partial charge is 0.379 e. The summed E-state index contributed by atoms with van der Waals surface area (Å²) >= 11 is 0. The van der Waals surface area contributed by atoms with Gasteiger partial charge < -0.3 is 19.9 Å². The van der Waals surface area contributed by atoms with Gasteiger partial charge in [-0.3, -0.25) is 14.5 Å². The highest BCUT2D eigenvalue weighted by Crippen LogP contribution is 2.40. The van der Waals surface area contributed by atoms with E-state index in [-0.39, 0.29) is 23.9 Å². The second kappa shape index (κ2) is 9.05. The lowest BCUT2D eigenvalue weighted by atomic mass is 9.91. The third-order valence-electron chi connectivity index (χ3n) is 5.93. The number of hydrogen-bond acceptors (Lipinski definition) is 6. The van der Waals surface area contributed by atoms with Crippen LogP contribution in [0.5, 0.6) is 0 Å². The third-order valence-corrected chi connectivity index (χ3v) is 5.93. The van der Waals surface area contributed by atoms with Crippen LogP contribution in [0.4, 0.5) is 0 Å². The molecule has 154 valence electrons. The van der Waals surface area contributed by atoms with Crippen molar-refractivity contribution in [2.75, 3.05) is 32.8 Å². The van der Waals surface area contributed by atoms with Gasteiger partial charge in [0, 0.05) is 50.1 Å². The number of ether oxygens (including phenoxy) is 1. The summed E-state index contributed by atoms with van der Waals surface area (Å²) in [6, 6.07) is 2.11. The minimum absolute atomic E-state index is 0.120. The van der Waals surface area contributed by atoms with E-state index in [0.717, 1.165) is 77.1 Å². The predicted octanol–water partition coefficient (Wildman–Crippen LogP) is 1.43. The van der Waals surface area contributed by atoms with E-state index in [4.69, 9.17) is 9.26 Å². The van der Waals surface area contributed by atoms with Gasteiger partial charge in [-0.15, -0.1) is 0 Å². The molecule has 2 heterocycles. The van der Waals surface area contributed by atoms with Crippen molar-refractivity contribution < 1.29 is 18.8 Å². The van der Waals surface area contributed by atoms with E-state index in [1.165, 1.54) is 0 Å². The fourth-order valence-corrected chi connectivity index (χ4v) is 3.98. The zero-order valence-electron chi connectivity index (χ0n) is 16.3. The Morgan fingerprint density at radius 2 is 1.71 bits per heavy atom. The van der Waals surface area contributed by atoms with E-state index in [1.807, 2.05) is 0 Å². The Labute approximate surface area is 165 Å². The van der Waals surface area contributed by atoms with E-state index in [9.17, 15) is 9.59 Å². The number of morpholine rings is 1. The Morgan fingerprint density at radius 1 is 1.04 bits per heavy atom. The molecule has 0 unspecified atom stereocenters. The van der Waals surface area contributed by atoms with E-state index < -0.39 is 0 Å². The Kier molecular flexibility index (Phi) is 6.26. The first-order chi connectivity index (χ1) is 13.7. The molecule has 1 aromatic rings. The summed E-state index contributed by atoms with van der Waals surface area (Å²) in [5.41, 5.74) is 0.375. The highest BCUT2D eigenvalue weighted by Gasteiger charge is 2.30. The summed E-state index contributed by atoms with van der Waals surface area (Å²) in [4.78, 5) is 26.8. The summed E-state index contributed by atoms with van der Waals surface area (Å²) < 4.78 is 10.6. The van der Waals surface area contributed by atoms with Crippen LogP contribution in [0, 0.1) is 0 Å². The van der Waals surface area contributed by atoms with Crippen LogP contribution < -0.4 is 10.6 Å². The van der Waals surface area contributed by atoms with Crippen molar-refractivity contribution in [2.45, 2.75) is 62.9 Å². The molecule has 1 aliphatic heterocycles. The van der Waals surface area contributed by atoms with Gasteiger partial charge in [-0.05, 0) is 38.5 Å². The molecular formula is C20H30N4O4. The van der Waals surface area contributed by atoms with Crippen LogP contribution in [-0.4, -0.2) is 66.8 Å². The number of carbonyl (C=O) groups is 2. The Hall–Kier alpha value is -1.93. The summed E-state index contributed by atoms with van der Waals surface area (Å²) in [6.07, 6.45) is 6.30. The number of aromatic nitrogens is 1. The van der Waals surface area contributed by atoms with Crippen LogP contribution in [0.1, 0.15) is 67.1 Å². The van der Waals surface area contributed by atoms with Crippen LogP contribution in [0.3, 0.4) is 0 Å². The molecule has 0 spiro atoms. The Bertz CT molecular complexity index is 674. The van der Waals surface area contributed by atoms with Crippen molar-refractivity contribution >= 4 is 11.8 Å². The summed E-state index contributed by atoms with van der Waals surface area (Å²) in [5.74, 6) is 1.24. The lowest BCUT2D eigenvalue weighted by molar-refractivity contribution is -0.122. The van der Waals surface area contributed by atoms with Crippen molar-refractivity contribution in [2.24, 2.45) is 0 Å². The Balaban J connectivity index is 1.13. The highest BCUT2D eigenvalue weighted by atomic mass is 16.5. The smallest absolute Gasteiger partial charge is 0.273 e. The zero-order valence-corrected chi connectivity index (χ0v) is 16.3. The van der Waals surface area contributed by atoms with Gasteiger partial charge in [0.05, 0.1) is 13.2 Å². The van der Waals surface area contributed by atoms with Gasteiger partial charge >= 0.3 is 0 Å². The molecule has 3 fully saturated rings. The molecule has 28 heavy (non-hydrogen) atoms. The minimum atomic E-state index is -0.159. The van der Waals surface area contributed by atoms with Crippen molar-refractivity contribution in [3.05, 3.63) is 17.5 Å². The molecule has 0 radical (unpaired) electrons.